The van der Waals surface area contributed by atoms with Gasteiger partial charge in [-0.3, -0.25) is 19.4 Å². The van der Waals surface area contributed by atoms with Gasteiger partial charge in [0.1, 0.15) is 5.69 Å². The molecule has 0 N–H and O–H groups in total. The third-order valence-electron chi connectivity index (χ3n) is 5.45. The maximum absolute atomic E-state index is 13.5. The Labute approximate surface area is 221 Å². The highest BCUT2D eigenvalue weighted by molar-refractivity contribution is 5.80. The summed E-state index contributed by atoms with van der Waals surface area (Å²) in [5, 5.41) is 0. The molecule has 10 nitrogen and oxygen atoms in total. The highest BCUT2D eigenvalue weighted by atomic mass is 16.6. The Hall–Kier alpha value is -4.34. The molecule has 1 aromatic carbocycles. The van der Waals surface area contributed by atoms with Gasteiger partial charge in [-0.05, 0) is 44.5 Å². The Morgan fingerprint density at radius 1 is 0.895 bits per heavy atom. The Kier molecular flexibility index (Phi) is 10.0. The van der Waals surface area contributed by atoms with Crippen molar-refractivity contribution in [3.8, 4) is 11.5 Å². The minimum Gasteiger partial charge on any atom is -0.450 e. The van der Waals surface area contributed by atoms with Gasteiger partial charge >= 0.3 is 23.9 Å². The van der Waals surface area contributed by atoms with Gasteiger partial charge in [-0.25, -0.2) is 9.78 Å². The molecular formula is C28H32N2O8. The second-order valence-corrected chi connectivity index (χ2v) is 8.61. The summed E-state index contributed by atoms with van der Waals surface area (Å²) in [4.78, 5) is 57.4. The topological polar surface area (TPSA) is 131 Å². The van der Waals surface area contributed by atoms with Crippen molar-refractivity contribution < 1.29 is 38.1 Å². The van der Waals surface area contributed by atoms with Crippen LogP contribution in [0.5, 0.6) is 11.5 Å². The van der Waals surface area contributed by atoms with Crippen LogP contribution in [0, 0.1) is 20.8 Å². The lowest BCUT2D eigenvalue weighted by molar-refractivity contribution is -0.175. The maximum Gasteiger partial charge on any atom is 0.349 e. The lowest BCUT2D eigenvalue weighted by Crippen LogP contribution is -2.39. The predicted molar refractivity (Wildman–Crippen MR) is 137 cm³/mol. The minimum absolute atomic E-state index is 0.0171. The smallest absolute Gasteiger partial charge is 0.349 e. The van der Waals surface area contributed by atoms with Crippen LogP contribution >= 0.6 is 0 Å². The van der Waals surface area contributed by atoms with E-state index in [-0.39, 0.29) is 24.3 Å². The number of ether oxygens (including phenoxy) is 4. The first-order valence-corrected chi connectivity index (χ1v) is 11.8. The van der Waals surface area contributed by atoms with Gasteiger partial charge in [-0.2, -0.15) is 0 Å². The second kappa shape index (κ2) is 12.8. The molecule has 38 heavy (non-hydrogen) atoms. The number of benzene rings is 1. The molecule has 2 aromatic rings. The Morgan fingerprint density at radius 3 is 2.05 bits per heavy atom. The molecule has 1 aromatic heterocycles. The molecular weight excluding hydrogens is 492 g/mol. The van der Waals surface area contributed by atoms with Gasteiger partial charge in [0.15, 0.2) is 17.1 Å². The molecule has 0 fully saturated rings. The first-order chi connectivity index (χ1) is 17.8. The van der Waals surface area contributed by atoms with Crippen LogP contribution in [-0.4, -0.2) is 39.9 Å². The summed E-state index contributed by atoms with van der Waals surface area (Å²) in [5.74, 6) is -2.84. The van der Waals surface area contributed by atoms with Crippen molar-refractivity contribution >= 4 is 23.9 Å². The fourth-order valence-corrected chi connectivity index (χ4v) is 3.72. The summed E-state index contributed by atoms with van der Waals surface area (Å²) in [6, 6.07) is 4.36. The van der Waals surface area contributed by atoms with E-state index in [4.69, 9.17) is 18.9 Å². The number of carbonyl (C=O) groups is 4. The molecule has 0 radical (unpaired) electrons. The lowest BCUT2D eigenvalue weighted by atomic mass is 9.92. The molecule has 0 amide bonds. The van der Waals surface area contributed by atoms with Crippen LogP contribution in [-0.2, 0) is 40.7 Å². The molecule has 0 saturated carbocycles. The van der Waals surface area contributed by atoms with Gasteiger partial charge in [0.05, 0.1) is 17.1 Å². The molecule has 202 valence electrons. The van der Waals surface area contributed by atoms with Crippen molar-refractivity contribution in [1.82, 2.24) is 9.97 Å². The largest absolute Gasteiger partial charge is 0.450 e. The van der Waals surface area contributed by atoms with E-state index in [0.717, 1.165) is 12.6 Å². The van der Waals surface area contributed by atoms with Gasteiger partial charge in [0.25, 0.3) is 0 Å². The van der Waals surface area contributed by atoms with Crippen LogP contribution in [0.1, 0.15) is 55.5 Å². The van der Waals surface area contributed by atoms with Gasteiger partial charge in [0.2, 0.25) is 6.10 Å². The molecule has 0 aliphatic carbocycles. The summed E-state index contributed by atoms with van der Waals surface area (Å²) in [6.07, 6.45) is 1.63. The van der Waals surface area contributed by atoms with E-state index < -0.39 is 35.6 Å². The van der Waals surface area contributed by atoms with Crippen molar-refractivity contribution in [2.75, 3.05) is 0 Å². The Balaban J connectivity index is 2.48. The summed E-state index contributed by atoms with van der Waals surface area (Å²) >= 11 is 0. The molecule has 2 rings (SSSR count). The molecule has 2 atom stereocenters. The Morgan fingerprint density at radius 2 is 1.50 bits per heavy atom. The van der Waals surface area contributed by atoms with E-state index in [1.54, 1.807) is 26.0 Å². The SMILES string of the molecule is C=CCC(C=C)(OC(=O)[C@@H](Cc1ccc(OC(C)=O)c(OC(C)=O)c1)OC(C)=O)c1nc(C)c(C)nc1C. The second-order valence-electron chi connectivity index (χ2n) is 8.61. The summed E-state index contributed by atoms with van der Waals surface area (Å²) in [7, 11) is 0. The van der Waals surface area contributed by atoms with E-state index >= 15 is 0 Å². The van der Waals surface area contributed by atoms with E-state index in [2.05, 4.69) is 23.1 Å². The first kappa shape index (κ1) is 29.9. The predicted octanol–water partition coefficient (Wildman–Crippen LogP) is 3.93. The average Bonchev–Trinajstić information content (AvgIpc) is 2.81. The van der Waals surface area contributed by atoms with Gasteiger partial charge in [0, 0.05) is 33.6 Å². The number of aryl methyl sites for hydroxylation is 3. The van der Waals surface area contributed by atoms with Crippen molar-refractivity contribution in [2.45, 2.75) is 66.1 Å². The van der Waals surface area contributed by atoms with Gasteiger partial charge in [-0.15, -0.1) is 6.58 Å². The highest BCUT2D eigenvalue weighted by Gasteiger charge is 2.39. The quantitative estimate of drug-likeness (QED) is 0.242. The van der Waals surface area contributed by atoms with E-state index in [0.29, 0.717) is 22.6 Å². The molecule has 1 unspecified atom stereocenters. The average molecular weight is 525 g/mol. The summed E-state index contributed by atoms with van der Waals surface area (Å²) in [5.41, 5.74) is 1.32. The van der Waals surface area contributed by atoms with Crippen LogP contribution in [0.2, 0.25) is 0 Å². The maximum atomic E-state index is 13.5. The zero-order valence-corrected chi connectivity index (χ0v) is 22.5. The van der Waals surface area contributed by atoms with Crippen LogP contribution < -0.4 is 9.47 Å². The molecule has 1 heterocycles. The number of carbonyl (C=O) groups excluding carboxylic acids is 4. The van der Waals surface area contributed by atoms with Crippen molar-refractivity contribution in [3.05, 3.63) is 71.8 Å². The van der Waals surface area contributed by atoms with Crippen LogP contribution in [0.3, 0.4) is 0 Å². The van der Waals surface area contributed by atoms with Crippen molar-refractivity contribution in [1.29, 1.82) is 0 Å². The molecule has 0 aliphatic heterocycles. The molecule has 10 heteroatoms. The molecule has 0 saturated heterocycles. The third-order valence-corrected chi connectivity index (χ3v) is 5.45. The zero-order valence-electron chi connectivity index (χ0n) is 22.5. The highest BCUT2D eigenvalue weighted by Crippen LogP contribution is 2.34. The monoisotopic (exact) mass is 524 g/mol. The summed E-state index contributed by atoms with van der Waals surface area (Å²) < 4.78 is 21.5. The third kappa shape index (κ3) is 7.58. The number of rotatable bonds is 11. The van der Waals surface area contributed by atoms with Crippen LogP contribution in [0.25, 0.3) is 0 Å². The number of aromatic nitrogens is 2. The van der Waals surface area contributed by atoms with Gasteiger partial charge < -0.3 is 18.9 Å². The van der Waals surface area contributed by atoms with Crippen LogP contribution in [0.15, 0.2) is 43.5 Å². The van der Waals surface area contributed by atoms with E-state index in [9.17, 15) is 19.2 Å². The molecule has 0 spiro atoms. The summed E-state index contributed by atoms with van der Waals surface area (Å²) in [6.45, 7) is 16.5. The molecule has 0 bridgehead atoms. The zero-order chi connectivity index (χ0) is 28.6. The normalized spacial score (nSPS) is 12.9. The fourth-order valence-electron chi connectivity index (χ4n) is 3.72. The number of hydrogen-bond donors (Lipinski definition) is 0. The number of esters is 4. The fraction of sp³-hybridized carbons (Fsp3) is 0.357. The standard InChI is InChI=1S/C28H32N2O8/c1-9-13-28(10-2,26-18(5)29-16(3)17(4)30-26)38-27(34)25(37-21(8)33)15-22-11-12-23(35-19(6)31)24(14-22)36-20(7)32/h9-12,14,25H,1-2,13,15H2,3-8H3/t25-,28?/m1/s1. The number of nitrogens with zero attached hydrogens (tertiary/aromatic N) is 2. The van der Waals surface area contributed by atoms with E-state index in [1.165, 1.54) is 32.1 Å². The minimum atomic E-state index is -1.42. The van der Waals surface area contributed by atoms with Crippen LogP contribution in [0.4, 0.5) is 0 Å². The Bertz CT molecular complexity index is 1270. The van der Waals surface area contributed by atoms with Crippen molar-refractivity contribution in [3.63, 3.8) is 0 Å². The number of hydrogen-bond acceptors (Lipinski definition) is 10. The molecule has 0 aliphatic rings. The van der Waals surface area contributed by atoms with Crippen molar-refractivity contribution in [2.24, 2.45) is 0 Å². The van der Waals surface area contributed by atoms with E-state index in [1.807, 2.05) is 6.92 Å². The lowest BCUT2D eigenvalue weighted by Gasteiger charge is -2.31. The first-order valence-electron chi connectivity index (χ1n) is 11.8. The van der Waals surface area contributed by atoms with Gasteiger partial charge in [-0.1, -0.05) is 18.7 Å².